The number of fused-ring (bicyclic) bond motifs is 1. The highest BCUT2D eigenvalue weighted by atomic mass is 15.0. The SMILES string of the molecule is CC1=CC(=Nc2cccc(CN(C)C)c2)C2=CCC=CC2N1. The van der Waals surface area contributed by atoms with Gasteiger partial charge in [-0.3, -0.25) is 0 Å². The third kappa shape index (κ3) is 3.37. The molecule has 3 nitrogen and oxygen atoms in total. The minimum absolute atomic E-state index is 0.266. The van der Waals surface area contributed by atoms with Gasteiger partial charge in [-0.1, -0.05) is 30.4 Å². The molecule has 0 saturated heterocycles. The van der Waals surface area contributed by atoms with Crippen LogP contribution in [0, 0.1) is 0 Å². The van der Waals surface area contributed by atoms with Gasteiger partial charge in [0.15, 0.2) is 0 Å². The van der Waals surface area contributed by atoms with E-state index in [1.165, 1.54) is 11.1 Å². The van der Waals surface area contributed by atoms with Crippen LogP contribution in [0.25, 0.3) is 0 Å². The maximum atomic E-state index is 4.90. The molecule has 1 aromatic rings. The van der Waals surface area contributed by atoms with E-state index in [9.17, 15) is 0 Å². The van der Waals surface area contributed by atoms with Gasteiger partial charge in [0.05, 0.1) is 17.4 Å². The van der Waals surface area contributed by atoms with Gasteiger partial charge < -0.3 is 10.2 Å². The first kappa shape index (κ1) is 14.8. The highest BCUT2D eigenvalue weighted by Crippen LogP contribution is 2.24. The maximum Gasteiger partial charge on any atom is 0.0713 e. The highest BCUT2D eigenvalue weighted by molar-refractivity contribution is 6.12. The van der Waals surface area contributed by atoms with Crippen molar-refractivity contribution in [2.45, 2.75) is 25.9 Å². The van der Waals surface area contributed by atoms with Gasteiger partial charge in [0.2, 0.25) is 0 Å². The minimum atomic E-state index is 0.266. The number of nitrogens with zero attached hydrogens (tertiary/aromatic N) is 2. The molecule has 0 amide bonds. The van der Waals surface area contributed by atoms with E-state index < -0.39 is 0 Å². The summed E-state index contributed by atoms with van der Waals surface area (Å²) in [6.07, 6.45) is 9.82. The number of rotatable bonds is 3. The summed E-state index contributed by atoms with van der Waals surface area (Å²) in [7, 11) is 4.17. The fraction of sp³-hybridized carbons (Fsp3) is 0.316. The van der Waals surface area contributed by atoms with Crippen LogP contribution >= 0.6 is 0 Å². The van der Waals surface area contributed by atoms with Gasteiger partial charge >= 0.3 is 0 Å². The third-order valence-corrected chi connectivity index (χ3v) is 3.83. The Balaban J connectivity index is 1.93. The molecule has 0 aromatic heterocycles. The number of hydrogen-bond donors (Lipinski definition) is 1. The van der Waals surface area contributed by atoms with Crippen LogP contribution in [0.5, 0.6) is 0 Å². The lowest BCUT2D eigenvalue weighted by atomic mass is 9.92. The van der Waals surface area contributed by atoms with Crippen molar-refractivity contribution in [1.82, 2.24) is 10.2 Å². The van der Waals surface area contributed by atoms with E-state index >= 15 is 0 Å². The van der Waals surface area contributed by atoms with Gasteiger partial charge in [0.1, 0.15) is 0 Å². The molecule has 1 atom stereocenters. The van der Waals surface area contributed by atoms with Gasteiger partial charge in [-0.15, -0.1) is 0 Å². The summed E-state index contributed by atoms with van der Waals surface area (Å²) in [5, 5.41) is 3.49. The molecule has 3 heteroatoms. The zero-order valence-electron chi connectivity index (χ0n) is 13.5. The first-order valence-corrected chi connectivity index (χ1v) is 7.76. The summed E-state index contributed by atoms with van der Waals surface area (Å²) in [5.74, 6) is 0. The Morgan fingerprint density at radius 3 is 3.00 bits per heavy atom. The normalized spacial score (nSPS) is 22.2. The number of hydrogen-bond acceptors (Lipinski definition) is 3. The maximum absolute atomic E-state index is 4.90. The summed E-state index contributed by atoms with van der Waals surface area (Å²) in [6.45, 7) is 3.03. The van der Waals surface area contributed by atoms with Crippen LogP contribution in [0.15, 0.2) is 64.8 Å². The second-order valence-electron chi connectivity index (χ2n) is 6.18. The van der Waals surface area contributed by atoms with E-state index in [0.717, 1.165) is 30.1 Å². The molecule has 22 heavy (non-hydrogen) atoms. The quantitative estimate of drug-likeness (QED) is 0.863. The average Bonchev–Trinajstić information content (AvgIpc) is 2.46. The number of aliphatic imine (C=N–C) groups is 1. The Morgan fingerprint density at radius 1 is 1.32 bits per heavy atom. The summed E-state index contributed by atoms with van der Waals surface area (Å²) < 4.78 is 0. The van der Waals surface area contributed by atoms with Crippen molar-refractivity contribution in [3.8, 4) is 0 Å². The first-order valence-electron chi connectivity index (χ1n) is 7.76. The summed E-state index contributed by atoms with van der Waals surface area (Å²) in [4.78, 5) is 7.07. The van der Waals surface area contributed by atoms with Crippen molar-refractivity contribution >= 4 is 11.4 Å². The lowest BCUT2D eigenvalue weighted by Gasteiger charge is -2.27. The lowest BCUT2D eigenvalue weighted by molar-refractivity contribution is 0.402. The Labute approximate surface area is 132 Å². The molecule has 0 radical (unpaired) electrons. The van der Waals surface area contributed by atoms with Gasteiger partial charge in [-0.2, -0.15) is 0 Å². The molecule has 1 aliphatic carbocycles. The van der Waals surface area contributed by atoms with Gasteiger partial charge in [0, 0.05) is 17.8 Å². The average molecular weight is 293 g/mol. The van der Waals surface area contributed by atoms with Crippen molar-refractivity contribution in [2.24, 2.45) is 4.99 Å². The number of benzene rings is 1. The van der Waals surface area contributed by atoms with Crippen molar-refractivity contribution in [2.75, 3.05) is 14.1 Å². The molecule has 1 N–H and O–H groups in total. The second-order valence-corrected chi connectivity index (χ2v) is 6.18. The number of nitrogens with one attached hydrogen (secondary N) is 1. The molecule has 3 rings (SSSR count). The Morgan fingerprint density at radius 2 is 2.18 bits per heavy atom. The fourth-order valence-corrected chi connectivity index (χ4v) is 2.93. The van der Waals surface area contributed by atoms with Crippen molar-refractivity contribution in [1.29, 1.82) is 0 Å². The molecule has 0 fully saturated rings. The molecule has 1 unspecified atom stereocenters. The fourth-order valence-electron chi connectivity index (χ4n) is 2.93. The molecular weight excluding hydrogens is 270 g/mol. The molecular formula is C19H23N3. The molecule has 0 spiro atoms. The van der Waals surface area contributed by atoms with Crippen LogP contribution in [0.4, 0.5) is 5.69 Å². The number of allylic oxidation sites excluding steroid dienone is 4. The summed E-state index contributed by atoms with van der Waals surface area (Å²) in [6, 6.07) is 8.75. The smallest absolute Gasteiger partial charge is 0.0713 e. The molecule has 0 bridgehead atoms. The molecule has 114 valence electrons. The van der Waals surface area contributed by atoms with E-state index in [1.54, 1.807) is 0 Å². The predicted molar refractivity (Wildman–Crippen MR) is 93.4 cm³/mol. The standard InChI is InChI=1S/C19H23N3/c1-14-11-19(17-9-4-5-10-18(17)20-14)21-16-8-6-7-15(12-16)13-22(2)3/h5-12,18,20H,4,13H2,1-3H3. The van der Waals surface area contributed by atoms with Crippen LogP contribution in [-0.4, -0.2) is 30.7 Å². The Hall–Kier alpha value is -2.13. The van der Waals surface area contributed by atoms with Gasteiger partial charge in [-0.05, 0) is 51.2 Å². The van der Waals surface area contributed by atoms with Crippen LogP contribution < -0.4 is 5.32 Å². The van der Waals surface area contributed by atoms with Gasteiger partial charge in [-0.25, -0.2) is 4.99 Å². The van der Waals surface area contributed by atoms with Gasteiger partial charge in [0.25, 0.3) is 0 Å². The van der Waals surface area contributed by atoms with Crippen molar-refractivity contribution < 1.29 is 0 Å². The largest absolute Gasteiger partial charge is 0.378 e. The molecule has 0 saturated carbocycles. The monoisotopic (exact) mass is 293 g/mol. The summed E-state index contributed by atoms with van der Waals surface area (Å²) in [5.41, 5.74) is 5.83. The van der Waals surface area contributed by atoms with Crippen LogP contribution in [-0.2, 0) is 6.54 Å². The zero-order valence-corrected chi connectivity index (χ0v) is 13.5. The molecule has 1 aliphatic heterocycles. The van der Waals surface area contributed by atoms with Crippen LogP contribution in [0.1, 0.15) is 18.9 Å². The van der Waals surface area contributed by atoms with Crippen LogP contribution in [0.2, 0.25) is 0 Å². The van der Waals surface area contributed by atoms with Crippen molar-refractivity contribution in [3.63, 3.8) is 0 Å². The molecule has 1 heterocycles. The third-order valence-electron chi connectivity index (χ3n) is 3.83. The van der Waals surface area contributed by atoms with E-state index in [0.29, 0.717) is 0 Å². The lowest BCUT2D eigenvalue weighted by Crippen LogP contribution is -2.36. The predicted octanol–water partition coefficient (Wildman–Crippen LogP) is 3.58. The summed E-state index contributed by atoms with van der Waals surface area (Å²) >= 11 is 0. The first-order chi connectivity index (χ1) is 10.6. The zero-order chi connectivity index (χ0) is 15.5. The Kier molecular flexibility index (Phi) is 4.25. The molecule has 1 aromatic carbocycles. The minimum Gasteiger partial charge on any atom is -0.378 e. The van der Waals surface area contributed by atoms with E-state index in [-0.39, 0.29) is 6.04 Å². The Bertz CT molecular complexity index is 678. The van der Waals surface area contributed by atoms with E-state index in [2.05, 4.69) is 79.8 Å². The molecule has 2 aliphatic rings. The van der Waals surface area contributed by atoms with Crippen molar-refractivity contribution in [3.05, 3.63) is 65.4 Å². The topological polar surface area (TPSA) is 27.6 Å². The van der Waals surface area contributed by atoms with E-state index in [4.69, 9.17) is 4.99 Å². The van der Waals surface area contributed by atoms with Crippen LogP contribution in [0.3, 0.4) is 0 Å². The highest BCUT2D eigenvalue weighted by Gasteiger charge is 2.21. The second kappa shape index (κ2) is 6.32. The van der Waals surface area contributed by atoms with E-state index in [1.807, 2.05) is 0 Å².